The van der Waals surface area contributed by atoms with E-state index in [2.05, 4.69) is 16.7 Å². The third-order valence-corrected chi connectivity index (χ3v) is 2.49. The maximum atomic E-state index is 11.6. The highest BCUT2D eigenvalue weighted by molar-refractivity contribution is 5.79. The molecule has 19 heavy (non-hydrogen) atoms. The number of nitrogens with zero attached hydrogens (tertiary/aromatic N) is 1. The lowest BCUT2D eigenvalue weighted by Crippen LogP contribution is -2.37. The highest BCUT2D eigenvalue weighted by Crippen LogP contribution is 2.16. The van der Waals surface area contributed by atoms with Gasteiger partial charge in [0.25, 0.3) is 0 Å². The molecule has 0 radical (unpaired) electrons. The van der Waals surface area contributed by atoms with Gasteiger partial charge >= 0.3 is 5.97 Å². The van der Waals surface area contributed by atoms with E-state index in [4.69, 9.17) is 10.4 Å². The molecule has 0 aromatic heterocycles. The zero-order valence-corrected chi connectivity index (χ0v) is 10.5. The Hall–Kier alpha value is -2.39. The highest BCUT2D eigenvalue weighted by atomic mass is 16.4. The van der Waals surface area contributed by atoms with E-state index in [0.29, 0.717) is 5.56 Å². The molecule has 0 saturated carbocycles. The molecule has 0 aliphatic carbocycles. The first-order valence-corrected chi connectivity index (χ1v) is 5.75. The molecule has 0 spiro atoms. The standard InChI is InChI=1S/C13H15N3O3/c1-9(11-5-3-2-4-10(11)6-14)16-12(17)7-15-8-13(18)19/h2-5,9,15H,7-8H2,1H3,(H,16,17)(H,18,19). The van der Waals surface area contributed by atoms with E-state index in [1.807, 2.05) is 0 Å². The number of nitrogens with one attached hydrogen (secondary N) is 2. The first-order valence-electron chi connectivity index (χ1n) is 5.75. The first kappa shape index (κ1) is 14.7. The lowest BCUT2D eigenvalue weighted by Gasteiger charge is -2.15. The summed E-state index contributed by atoms with van der Waals surface area (Å²) in [5, 5.41) is 22.6. The van der Waals surface area contributed by atoms with Gasteiger partial charge < -0.3 is 10.4 Å². The molecule has 6 heteroatoms. The van der Waals surface area contributed by atoms with E-state index in [1.165, 1.54) is 0 Å². The Labute approximate surface area is 111 Å². The number of carboxylic acids is 1. The van der Waals surface area contributed by atoms with Gasteiger partial charge in [-0.3, -0.25) is 14.9 Å². The number of hydrogen-bond acceptors (Lipinski definition) is 4. The van der Waals surface area contributed by atoms with Crippen molar-refractivity contribution in [2.45, 2.75) is 13.0 Å². The summed E-state index contributed by atoms with van der Waals surface area (Å²) in [5.74, 6) is -1.34. The largest absolute Gasteiger partial charge is 0.480 e. The van der Waals surface area contributed by atoms with Crippen LogP contribution in [0, 0.1) is 11.3 Å². The minimum Gasteiger partial charge on any atom is -0.480 e. The van der Waals surface area contributed by atoms with Gasteiger partial charge in [-0.2, -0.15) is 5.26 Å². The smallest absolute Gasteiger partial charge is 0.317 e. The maximum Gasteiger partial charge on any atom is 0.317 e. The van der Waals surface area contributed by atoms with Crippen LogP contribution in [0.3, 0.4) is 0 Å². The van der Waals surface area contributed by atoms with Crippen LogP contribution in [0.5, 0.6) is 0 Å². The molecule has 1 aromatic rings. The van der Waals surface area contributed by atoms with Crippen molar-refractivity contribution in [1.29, 1.82) is 5.26 Å². The van der Waals surface area contributed by atoms with Crippen LogP contribution >= 0.6 is 0 Å². The molecule has 100 valence electrons. The van der Waals surface area contributed by atoms with Crippen molar-refractivity contribution >= 4 is 11.9 Å². The van der Waals surface area contributed by atoms with Crippen LogP contribution in [0.15, 0.2) is 24.3 Å². The zero-order chi connectivity index (χ0) is 14.3. The Morgan fingerprint density at radius 2 is 2.05 bits per heavy atom. The molecule has 0 fully saturated rings. The minimum atomic E-state index is -1.02. The van der Waals surface area contributed by atoms with E-state index in [0.717, 1.165) is 5.56 Å². The average molecular weight is 261 g/mol. The molecule has 0 saturated heterocycles. The molecule has 1 unspecified atom stereocenters. The number of nitriles is 1. The van der Waals surface area contributed by atoms with Gasteiger partial charge in [-0.15, -0.1) is 0 Å². The quantitative estimate of drug-likeness (QED) is 0.688. The minimum absolute atomic E-state index is 0.0780. The van der Waals surface area contributed by atoms with E-state index < -0.39 is 5.97 Å². The number of rotatable bonds is 6. The molecule has 0 aliphatic heterocycles. The molecule has 0 aliphatic rings. The monoisotopic (exact) mass is 261 g/mol. The maximum absolute atomic E-state index is 11.6. The number of aliphatic carboxylic acids is 1. The van der Waals surface area contributed by atoms with Crippen LogP contribution in [0.25, 0.3) is 0 Å². The number of carboxylic acid groups (broad SMARTS) is 1. The van der Waals surface area contributed by atoms with E-state index >= 15 is 0 Å². The summed E-state index contributed by atoms with van der Waals surface area (Å²) in [6.45, 7) is 1.42. The average Bonchev–Trinajstić information content (AvgIpc) is 2.38. The van der Waals surface area contributed by atoms with Gasteiger partial charge in [0.15, 0.2) is 0 Å². The van der Waals surface area contributed by atoms with Crippen molar-refractivity contribution in [2.75, 3.05) is 13.1 Å². The van der Waals surface area contributed by atoms with Crippen LogP contribution in [-0.4, -0.2) is 30.1 Å². The van der Waals surface area contributed by atoms with Crippen molar-refractivity contribution < 1.29 is 14.7 Å². The normalized spacial score (nSPS) is 11.4. The Morgan fingerprint density at radius 1 is 1.37 bits per heavy atom. The van der Waals surface area contributed by atoms with Crippen LogP contribution in [0.4, 0.5) is 0 Å². The third-order valence-electron chi connectivity index (χ3n) is 2.49. The number of amides is 1. The van der Waals surface area contributed by atoms with Gasteiger partial charge in [-0.25, -0.2) is 0 Å². The fourth-order valence-electron chi connectivity index (χ4n) is 1.63. The fraction of sp³-hybridized carbons (Fsp3) is 0.308. The Bertz CT molecular complexity index is 508. The Balaban J connectivity index is 2.55. The zero-order valence-electron chi connectivity index (χ0n) is 10.5. The van der Waals surface area contributed by atoms with Gasteiger partial charge in [0.1, 0.15) is 0 Å². The highest BCUT2D eigenvalue weighted by Gasteiger charge is 2.12. The molecular weight excluding hydrogens is 246 g/mol. The molecule has 1 amide bonds. The molecule has 0 bridgehead atoms. The van der Waals surface area contributed by atoms with Crippen molar-refractivity contribution in [3.63, 3.8) is 0 Å². The predicted molar refractivity (Wildman–Crippen MR) is 68.2 cm³/mol. The summed E-state index contributed by atoms with van der Waals surface area (Å²) < 4.78 is 0. The van der Waals surface area contributed by atoms with E-state index in [1.54, 1.807) is 31.2 Å². The molecule has 1 atom stereocenters. The van der Waals surface area contributed by atoms with Crippen LogP contribution in [-0.2, 0) is 9.59 Å². The second-order valence-electron chi connectivity index (χ2n) is 3.99. The summed E-state index contributed by atoms with van der Waals surface area (Å²) in [5.41, 5.74) is 1.24. The summed E-state index contributed by atoms with van der Waals surface area (Å²) in [6, 6.07) is 8.75. The molecule has 3 N–H and O–H groups in total. The van der Waals surface area contributed by atoms with Gasteiger partial charge in [0.05, 0.1) is 30.8 Å². The second kappa shape index (κ2) is 7.13. The van der Waals surface area contributed by atoms with Crippen molar-refractivity contribution in [3.05, 3.63) is 35.4 Å². The number of carbonyl (C=O) groups excluding carboxylic acids is 1. The Morgan fingerprint density at radius 3 is 2.68 bits per heavy atom. The summed E-state index contributed by atoms with van der Waals surface area (Å²) in [6.07, 6.45) is 0. The SMILES string of the molecule is CC(NC(=O)CNCC(=O)O)c1ccccc1C#N. The molecule has 1 rings (SSSR count). The van der Waals surface area contributed by atoms with Crippen molar-refractivity contribution in [3.8, 4) is 6.07 Å². The van der Waals surface area contributed by atoms with Gasteiger partial charge in [-0.1, -0.05) is 18.2 Å². The van der Waals surface area contributed by atoms with Crippen LogP contribution in [0.1, 0.15) is 24.1 Å². The van der Waals surface area contributed by atoms with Gasteiger partial charge in [0.2, 0.25) is 5.91 Å². The van der Waals surface area contributed by atoms with E-state index in [-0.39, 0.29) is 25.0 Å². The lowest BCUT2D eigenvalue weighted by molar-refractivity contribution is -0.136. The molecule has 6 nitrogen and oxygen atoms in total. The summed E-state index contributed by atoms with van der Waals surface area (Å²) in [7, 11) is 0. The first-order chi connectivity index (χ1) is 9.04. The predicted octanol–water partition coefficient (Wildman–Crippen LogP) is 0.410. The fourth-order valence-corrected chi connectivity index (χ4v) is 1.63. The van der Waals surface area contributed by atoms with Crippen molar-refractivity contribution in [1.82, 2.24) is 10.6 Å². The second-order valence-corrected chi connectivity index (χ2v) is 3.99. The van der Waals surface area contributed by atoms with Gasteiger partial charge in [-0.05, 0) is 18.6 Å². The third kappa shape index (κ3) is 4.77. The summed E-state index contributed by atoms with van der Waals surface area (Å²) >= 11 is 0. The number of benzene rings is 1. The Kier molecular flexibility index (Phi) is 5.51. The number of carbonyl (C=O) groups is 2. The van der Waals surface area contributed by atoms with E-state index in [9.17, 15) is 9.59 Å². The molecule has 1 aromatic carbocycles. The topological polar surface area (TPSA) is 102 Å². The number of hydrogen-bond donors (Lipinski definition) is 3. The van der Waals surface area contributed by atoms with Crippen LogP contribution in [0.2, 0.25) is 0 Å². The molecular formula is C13H15N3O3. The van der Waals surface area contributed by atoms with Crippen molar-refractivity contribution in [2.24, 2.45) is 0 Å². The lowest BCUT2D eigenvalue weighted by atomic mass is 10.0. The van der Waals surface area contributed by atoms with Gasteiger partial charge in [0, 0.05) is 0 Å². The molecule has 0 heterocycles. The summed E-state index contributed by atoms with van der Waals surface area (Å²) in [4.78, 5) is 21.8. The van der Waals surface area contributed by atoms with Crippen LogP contribution < -0.4 is 10.6 Å².